The van der Waals surface area contributed by atoms with Crippen molar-refractivity contribution in [1.82, 2.24) is 9.55 Å². The van der Waals surface area contributed by atoms with Gasteiger partial charge in [-0.25, -0.2) is 4.98 Å². The van der Waals surface area contributed by atoms with E-state index in [0.29, 0.717) is 34.8 Å². The Bertz CT molecular complexity index is 995. The van der Waals surface area contributed by atoms with Crippen molar-refractivity contribution in [2.45, 2.75) is 68.8 Å². The quantitative estimate of drug-likeness (QED) is 0.534. The average Bonchev–Trinajstić information content (AvgIpc) is 2.72. The fourth-order valence-electron chi connectivity index (χ4n) is 6.72. The number of ketones is 1. The number of benzene rings is 1. The number of nitrogens with zero attached hydrogens (tertiary/aromatic N) is 2. The van der Waals surface area contributed by atoms with E-state index in [1.807, 2.05) is 25.1 Å². The molecule has 1 N–H and O–H groups in total. The van der Waals surface area contributed by atoms with Gasteiger partial charge in [-0.15, -0.1) is 0 Å². The van der Waals surface area contributed by atoms with Crippen LogP contribution in [-0.2, 0) is 11.3 Å². The van der Waals surface area contributed by atoms with E-state index >= 15 is 0 Å². The third-order valence-electron chi connectivity index (χ3n) is 7.58. The van der Waals surface area contributed by atoms with Crippen LogP contribution in [0.1, 0.15) is 51.9 Å². The lowest BCUT2D eigenvalue weighted by molar-refractivity contribution is -0.143. The largest absolute Gasteiger partial charge is 0.396 e. The number of hydrogen-bond donors (Lipinski definition) is 1. The number of Topliss-reactive ketones (excluding diaryl/α,β-unsaturated/α-hetero) is 1. The van der Waals surface area contributed by atoms with Gasteiger partial charge >= 0.3 is 0 Å². The van der Waals surface area contributed by atoms with Crippen LogP contribution in [-0.4, -0.2) is 32.3 Å². The Labute approximate surface area is 181 Å². The van der Waals surface area contributed by atoms with E-state index in [-0.39, 0.29) is 22.8 Å². The number of carbonyl (C=O) groups is 1. The van der Waals surface area contributed by atoms with E-state index < -0.39 is 0 Å². The van der Waals surface area contributed by atoms with Crippen molar-refractivity contribution in [3.05, 3.63) is 34.6 Å². The van der Waals surface area contributed by atoms with Crippen LogP contribution in [0.15, 0.2) is 34.2 Å². The zero-order valence-electron chi connectivity index (χ0n) is 17.5. The second kappa shape index (κ2) is 7.79. The molecule has 0 spiro atoms. The van der Waals surface area contributed by atoms with Crippen molar-refractivity contribution in [1.29, 1.82) is 0 Å². The number of aliphatic hydroxyl groups excluding tert-OH is 1. The van der Waals surface area contributed by atoms with Gasteiger partial charge in [0.2, 0.25) is 0 Å². The van der Waals surface area contributed by atoms with Crippen LogP contribution in [0.3, 0.4) is 0 Å². The Balaban J connectivity index is 1.45. The molecule has 30 heavy (non-hydrogen) atoms. The van der Waals surface area contributed by atoms with Crippen LogP contribution < -0.4 is 5.56 Å². The Morgan fingerprint density at radius 1 is 1.20 bits per heavy atom. The second-order valence-corrected chi connectivity index (χ2v) is 11.1. The van der Waals surface area contributed by atoms with Crippen LogP contribution >= 0.6 is 11.8 Å². The first kappa shape index (κ1) is 20.3. The Morgan fingerprint density at radius 2 is 1.83 bits per heavy atom. The zero-order chi connectivity index (χ0) is 20.9. The second-order valence-electron chi connectivity index (χ2n) is 9.77. The minimum atomic E-state index is -0.227. The first-order valence-electron chi connectivity index (χ1n) is 11.3. The number of rotatable bonds is 7. The highest BCUT2D eigenvalue weighted by Crippen LogP contribution is 2.61. The third kappa shape index (κ3) is 3.42. The molecule has 1 aromatic carbocycles. The molecule has 4 saturated carbocycles. The van der Waals surface area contributed by atoms with Crippen LogP contribution in [0, 0.1) is 23.2 Å². The summed E-state index contributed by atoms with van der Waals surface area (Å²) in [4.78, 5) is 31.5. The first-order chi connectivity index (χ1) is 14.5. The highest BCUT2D eigenvalue weighted by Gasteiger charge is 2.55. The summed E-state index contributed by atoms with van der Waals surface area (Å²) in [7, 11) is 0. The zero-order valence-corrected chi connectivity index (χ0v) is 18.4. The molecule has 0 saturated heterocycles. The van der Waals surface area contributed by atoms with Gasteiger partial charge in [-0.05, 0) is 81.8 Å². The maximum absolute atomic E-state index is 13.7. The maximum Gasteiger partial charge on any atom is 0.262 e. The number of aromatic nitrogens is 2. The maximum atomic E-state index is 13.7. The van der Waals surface area contributed by atoms with Crippen molar-refractivity contribution in [3.63, 3.8) is 0 Å². The normalized spacial score (nSPS) is 30.7. The van der Waals surface area contributed by atoms with Gasteiger partial charge in [-0.2, -0.15) is 0 Å². The number of carbonyl (C=O) groups excluding carboxylic acids is 1. The lowest BCUT2D eigenvalue weighted by Crippen LogP contribution is -2.51. The molecule has 4 bridgehead atoms. The summed E-state index contributed by atoms with van der Waals surface area (Å²) in [5.41, 5.74) is 0.430. The lowest BCUT2D eigenvalue weighted by Gasteiger charge is -2.56. The Kier molecular flexibility index (Phi) is 5.26. The number of thioether (sulfide) groups is 1. The van der Waals surface area contributed by atoms with Crippen LogP contribution in [0.2, 0.25) is 0 Å². The van der Waals surface area contributed by atoms with Crippen LogP contribution in [0.25, 0.3) is 10.9 Å². The van der Waals surface area contributed by atoms with Crippen molar-refractivity contribution in [3.8, 4) is 0 Å². The summed E-state index contributed by atoms with van der Waals surface area (Å²) in [6.45, 7) is 2.42. The van der Waals surface area contributed by atoms with Gasteiger partial charge in [0, 0.05) is 18.6 Å². The molecule has 1 unspecified atom stereocenters. The Hall–Kier alpha value is -1.66. The molecule has 1 atom stereocenters. The predicted octanol–water partition coefficient (Wildman–Crippen LogP) is 4.05. The van der Waals surface area contributed by atoms with Gasteiger partial charge in [0.15, 0.2) is 10.9 Å². The van der Waals surface area contributed by atoms with Gasteiger partial charge in [-0.3, -0.25) is 14.2 Å². The summed E-state index contributed by atoms with van der Waals surface area (Å²) in [6, 6.07) is 7.36. The smallest absolute Gasteiger partial charge is 0.262 e. The molecule has 160 valence electrons. The van der Waals surface area contributed by atoms with Crippen LogP contribution in [0.5, 0.6) is 0 Å². The van der Waals surface area contributed by atoms with E-state index in [0.717, 1.165) is 37.0 Å². The van der Waals surface area contributed by atoms with E-state index in [9.17, 15) is 14.7 Å². The van der Waals surface area contributed by atoms with E-state index in [1.165, 1.54) is 31.0 Å². The lowest BCUT2D eigenvalue weighted by atomic mass is 9.48. The molecule has 1 heterocycles. The molecule has 6 rings (SSSR count). The molecule has 6 heteroatoms. The van der Waals surface area contributed by atoms with Gasteiger partial charge < -0.3 is 5.11 Å². The van der Waals surface area contributed by atoms with Crippen LogP contribution in [0.4, 0.5) is 0 Å². The minimum absolute atomic E-state index is 0.0190. The fourth-order valence-corrected chi connectivity index (χ4v) is 7.84. The highest BCUT2D eigenvalue weighted by molar-refractivity contribution is 8.00. The van der Waals surface area contributed by atoms with E-state index in [2.05, 4.69) is 0 Å². The van der Waals surface area contributed by atoms with E-state index in [1.54, 1.807) is 10.6 Å². The number of para-hydroxylation sites is 1. The summed E-state index contributed by atoms with van der Waals surface area (Å²) < 4.78 is 1.65. The fraction of sp³-hybridized carbons (Fsp3) is 0.625. The molecule has 0 amide bonds. The van der Waals surface area contributed by atoms with Crippen molar-refractivity contribution in [2.24, 2.45) is 23.2 Å². The third-order valence-corrected chi connectivity index (χ3v) is 8.67. The molecular formula is C24H30N2O3S. The topological polar surface area (TPSA) is 72.2 Å². The van der Waals surface area contributed by atoms with Crippen molar-refractivity contribution in [2.75, 3.05) is 6.61 Å². The molecule has 1 aromatic heterocycles. The van der Waals surface area contributed by atoms with Crippen molar-refractivity contribution < 1.29 is 9.90 Å². The standard InChI is InChI=1S/C24H30N2O3S/c1-15(21(28)24-12-16-9-17(13-24)11-18(10-16)14-24)30-23-25-20-6-3-2-5-19(20)22(29)26(23)7-4-8-27/h2-3,5-6,15-18,27H,4,7-14H2,1H3. The first-order valence-corrected chi connectivity index (χ1v) is 12.2. The molecule has 5 nitrogen and oxygen atoms in total. The monoisotopic (exact) mass is 426 g/mol. The van der Waals surface area contributed by atoms with Gasteiger partial charge in [0.1, 0.15) is 0 Å². The molecule has 4 aliphatic rings. The number of hydrogen-bond acceptors (Lipinski definition) is 5. The Morgan fingerprint density at radius 3 is 2.47 bits per heavy atom. The molecule has 4 fully saturated rings. The SMILES string of the molecule is CC(Sc1nc2ccccc2c(=O)n1CCCO)C(=O)C12CC3CC(CC(C3)C1)C2. The molecule has 2 aromatic rings. The summed E-state index contributed by atoms with van der Waals surface area (Å²) in [6.07, 6.45) is 7.63. The summed E-state index contributed by atoms with van der Waals surface area (Å²) >= 11 is 1.43. The number of aliphatic hydroxyl groups is 1. The number of fused-ring (bicyclic) bond motifs is 1. The van der Waals surface area contributed by atoms with Gasteiger partial charge in [0.25, 0.3) is 5.56 Å². The molecule has 0 radical (unpaired) electrons. The molecular weight excluding hydrogens is 396 g/mol. The highest BCUT2D eigenvalue weighted by atomic mass is 32.2. The minimum Gasteiger partial charge on any atom is -0.396 e. The van der Waals surface area contributed by atoms with Gasteiger partial charge in [0.05, 0.1) is 16.2 Å². The van der Waals surface area contributed by atoms with Gasteiger partial charge in [-0.1, -0.05) is 23.9 Å². The van der Waals surface area contributed by atoms with Crippen molar-refractivity contribution >= 4 is 28.4 Å². The predicted molar refractivity (Wildman–Crippen MR) is 119 cm³/mol. The summed E-state index contributed by atoms with van der Waals surface area (Å²) in [5.74, 6) is 2.57. The average molecular weight is 427 g/mol. The molecule has 4 aliphatic carbocycles. The molecule has 0 aliphatic heterocycles. The summed E-state index contributed by atoms with van der Waals surface area (Å²) in [5, 5.41) is 10.2. The van der Waals surface area contributed by atoms with E-state index in [4.69, 9.17) is 4.98 Å².